The summed E-state index contributed by atoms with van der Waals surface area (Å²) >= 11 is 0. The highest BCUT2D eigenvalue weighted by atomic mass is 32.2. The van der Waals surface area contributed by atoms with Crippen molar-refractivity contribution in [3.05, 3.63) is 24.3 Å². The number of guanidine groups is 1. The minimum Gasteiger partial charge on any atom is -0.492 e. The van der Waals surface area contributed by atoms with Crippen LogP contribution in [0.3, 0.4) is 0 Å². The van der Waals surface area contributed by atoms with Crippen LogP contribution in [0.1, 0.15) is 27.7 Å². The summed E-state index contributed by atoms with van der Waals surface area (Å²) < 4.78 is 28.5. The summed E-state index contributed by atoms with van der Waals surface area (Å²) in [6, 6.07) is 7.43. The Morgan fingerprint density at radius 1 is 1.07 bits per heavy atom. The molecule has 0 amide bonds. The van der Waals surface area contributed by atoms with Gasteiger partial charge in [-0.1, -0.05) is 0 Å². The molecule has 0 unspecified atom stereocenters. The van der Waals surface area contributed by atoms with Crippen molar-refractivity contribution in [2.75, 3.05) is 39.5 Å². The molecule has 0 radical (unpaired) electrons. The molecular formula is C19H34N4O3S. The second kappa shape index (κ2) is 11.1. The molecule has 0 saturated heterocycles. The van der Waals surface area contributed by atoms with Gasteiger partial charge in [-0.25, -0.2) is 8.42 Å². The number of rotatable bonds is 10. The zero-order chi connectivity index (χ0) is 20.4. The van der Waals surface area contributed by atoms with Crippen molar-refractivity contribution in [1.29, 1.82) is 0 Å². The van der Waals surface area contributed by atoms with E-state index >= 15 is 0 Å². The van der Waals surface area contributed by atoms with E-state index in [2.05, 4.69) is 48.2 Å². The van der Waals surface area contributed by atoms with Crippen LogP contribution in [0.15, 0.2) is 34.2 Å². The molecule has 154 valence electrons. The molecule has 0 aliphatic rings. The fraction of sp³-hybridized carbons (Fsp3) is 0.632. The van der Waals surface area contributed by atoms with Gasteiger partial charge in [-0.15, -0.1) is 0 Å². The molecule has 0 fully saturated rings. The second-order valence-electron chi connectivity index (χ2n) is 6.94. The first-order chi connectivity index (χ1) is 12.6. The van der Waals surface area contributed by atoms with Crippen LogP contribution in [0.25, 0.3) is 0 Å². The normalized spacial score (nSPS) is 12.7. The molecule has 0 aliphatic carbocycles. The average molecular weight is 399 g/mol. The SMILES string of the molecule is CN=C(NCCOc1ccc(S(C)(=O)=O)cc1)NCCN(C(C)C)C(C)C. The molecule has 1 rings (SSSR count). The molecule has 1 aromatic carbocycles. The predicted molar refractivity (Wildman–Crippen MR) is 111 cm³/mol. The van der Waals surface area contributed by atoms with Gasteiger partial charge in [-0.05, 0) is 52.0 Å². The van der Waals surface area contributed by atoms with Gasteiger partial charge in [0.05, 0.1) is 11.4 Å². The molecular weight excluding hydrogens is 364 g/mol. The molecule has 0 atom stereocenters. The minimum absolute atomic E-state index is 0.286. The van der Waals surface area contributed by atoms with E-state index in [4.69, 9.17) is 4.74 Å². The maximum atomic E-state index is 11.4. The van der Waals surface area contributed by atoms with Crippen molar-refractivity contribution in [1.82, 2.24) is 15.5 Å². The zero-order valence-electron chi connectivity index (χ0n) is 17.3. The lowest BCUT2D eigenvalue weighted by molar-refractivity contribution is 0.178. The van der Waals surface area contributed by atoms with Gasteiger partial charge in [0.15, 0.2) is 15.8 Å². The van der Waals surface area contributed by atoms with Crippen LogP contribution < -0.4 is 15.4 Å². The summed E-state index contributed by atoms with van der Waals surface area (Å²) in [6.45, 7) is 11.6. The lowest BCUT2D eigenvalue weighted by atomic mass is 10.2. The predicted octanol–water partition coefficient (Wildman–Crippen LogP) is 1.75. The van der Waals surface area contributed by atoms with E-state index in [0.29, 0.717) is 31.0 Å². The topological polar surface area (TPSA) is 83.0 Å². The smallest absolute Gasteiger partial charge is 0.191 e. The maximum absolute atomic E-state index is 11.4. The molecule has 0 aliphatic heterocycles. The Labute approximate surface area is 164 Å². The number of nitrogens with zero attached hydrogens (tertiary/aromatic N) is 2. The van der Waals surface area contributed by atoms with Gasteiger partial charge in [0.2, 0.25) is 0 Å². The third-order valence-electron chi connectivity index (χ3n) is 4.13. The lowest BCUT2D eigenvalue weighted by Gasteiger charge is -2.30. The lowest BCUT2D eigenvalue weighted by Crippen LogP contribution is -2.45. The van der Waals surface area contributed by atoms with E-state index in [1.165, 1.54) is 6.26 Å². The van der Waals surface area contributed by atoms with Crippen LogP contribution in [0.4, 0.5) is 0 Å². The van der Waals surface area contributed by atoms with Crippen LogP contribution in [0.5, 0.6) is 5.75 Å². The highest BCUT2D eigenvalue weighted by molar-refractivity contribution is 7.90. The third-order valence-corrected chi connectivity index (χ3v) is 5.26. The fourth-order valence-electron chi connectivity index (χ4n) is 2.76. The van der Waals surface area contributed by atoms with E-state index in [1.54, 1.807) is 31.3 Å². The number of sulfone groups is 1. The van der Waals surface area contributed by atoms with Crippen molar-refractivity contribution >= 4 is 15.8 Å². The number of nitrogens with one attached hydrogen (secondary N) is 2. The number of ether oxygens (including phenoxy) is 1. The Kier molecular flexibility index (Phi) is 9.59. The molecule has 0 aromatic heterocycles. The van der Waals surface area contributed by atoms with Crippen LogP contribution in [0.2, 0.25) is 0 Å². The van der Waals surface area contributed by atoms with Crippen LogP contribution in [-0.2, 0) is 9.84 Å². The first-order valence-electron chi connectivity index (χ1n) is 9.28. The molecule has 8 heteroatoms. The zero-order valence-corrected chi connectivity index (χ0v) is 18.1. The van der Waals surface area contributed by atoms with Gasteiger partial charge in [-0.3, -0.25) is 9.89 Å². The quantitative estimate of drug-likeness (QED) is 0.355. The van der Waals surface area contributed by atoms with Crippen molar-refractivity contribution in [3.8, 4) is 5.75 Å². The summed E-state index contributed by atoms with van der Waals surface area (Å²) in [6.07, 6.45) is 1.19. The molecule has 0 bridgehead atoms. The van der Waals surface area contributed by atoms with E-state index in [0.717, 1.165) is 19.0 Å². The van der Waals surface area contributed by atoms with Gasteiger partial charge in [0.1, 0.15) is 12.4 Å². The van der Waals surface area contributed by atoms with E-state index < -0.39 is 9.84 Å². The molecule has 1 aromatic rings. The number of benzene rings is 1. The van der Waals surface area contributed by atoms with Gasteiger partial charge < -0.3 is 15.4 Å². The van der Waals surface area contributed by atoms with E-state index in [9.17, 15) is 8.42 Å². The molecule has 2 N–H and O–H groups in total. The van der Waals surface area contributed by atoms with Crippen molar-refractivity contribution in [3.63, 3.8) is 0 Å². The van der Waals surface area contributed by atoms with Crippen molar-refractivity contribution < 1.29 is 13.2 Å². The monoisotopic (exact) mass is 398 g/mol. The maximum Gasteiger partial charge on any atom is 0.191 e. The average Bonchev–Trinajstić information content (AvgIpc) is 2.59. The van der Waals surface area contributed by atoms with Crippen molar-refractivity contribution in [2.24, 2.45) is 4.99 Å². The number of hydrogen-bond donors (Lipinski definition) is 2. The summed E-state index contributed by atoms with van der Waals surface area (Å²) in [4.78, 5) is 6.92. The van der Waals surface area contributed by atoms with Gasteiger partial charge in [-0.2, -0.15) is 0 Å². The standard InChI is InChI=1S/C19H34N4O3S/c1-15(2)23(16(3)4)13-11-21-19(20-5)22-12-14-26-17-7-9-18(10-8-17)27(6,24)25/h7-10,15-16H,11-14H2,1-6H3,(H2,20,21,22). The minimum atomic E-state index is -3.18. The summed E-state index contributed by atoms with van der Waals surface area (Å²) in [5.41, 5.74) is 0. The fourth-order valence-corrected chi connectivity index (χ4v) is 3.39. The largest absolute Gasteiger partial charge is 0.492 e. The van der Waals surface area contributed by atoms with Crippen LogP contribution in [-0.4, -0.2) is 70.9 Å². The van der Waals surface area contributed by atoms with Gasteiger partial charge in [0, 0.05) is 38.5 Å². The molecule has 7 nitrogen and oxygen atoms in total. The van der Waals surface area contributed by atoms with Crippen LogP contribution in [0, 0.1) is 0 Å². The van der Waals surface area contributed by atoms with Crippen LogP contribution >= 0.6 is 0 Å². The summed E-state index contributed by atoms with van der Waals surface area (Å²) in [5.74, 6) is 1.37. The first-order valence-corrected chi connectivity index (χ1v) is 11.2. The highest BCUT2D eigenvalue weighted by Crippen LogP contribution is 2.15. The Morgan fingerprint density at radius 3 is 2.11 bits per heavy atom. The highest BCUT2D eigenvalue weighted by Gasteiger charge is 2.12. The van der Waals surface area contributed by atoms with E-state index in [1.807, 2.05) is 0 Å². The Balaban J connectivity index is 2.33. The second-order valence-corrected chi connectivity index (χ2v) is 8.96. The number of aliphatic imine (C=N–C) groups is 1. The molecule has 27 heavy (non-hydrogen) atoms. The molecule has 0 saturated carbocycles. The molecule has 0 spiro atoms. The molecule has 0 heterocycles. The Bertz CT molecular complexity index is 677. The van der Waals surface area contributed by atoms with Gasteiger partial charge in [0.25, 0.3) is 0 Å². The summed E-state index contributed by atoms with van der Waals surface area (Å²) in [7, 11) is -1.44. The Hall–Kier alpha value is -1.80. The summed E-state index contributed by atoms with van der Waals surface area (Å²) in [5, 5.41) is 6.51. The number of hydrogen-bond acceptors (Lipinski definition) is 5. The first kappa shape index (κ1) is 23.2. The van der Waals surface area contributed by atoms with Crippen molar-refractivity contribution in [2.45, 2.75) is 44.7 Å². The van der Waals surface area contributed by atoms with Gasteiger partial charge >= 0.3 is 0 Å². The Morgan fingerprint density at radius 2 is 1.63 bits per heavy atom. The third kappa shape index (κ3) is 8.62. The van der Waals surface area contributed by atoms with E-state index in [-0.39, 0.29) is 4.90 Å².